The SMILES string of the molecule is CC(=O)Nc1ccc(CC(=O)N([C@@H]2CCS(=O)(=O)C2)N(C)C)cc1. The zero-order valence-corrected chi connectivity index (χ0v) is 15.0. The van der Waals surface area contributed by atoms with Crippen LogP contribution < -0.4 is 5.32 Å². The Labute approximate surface area is 142 Å². The van der Waals surface area contributed by atoms with Gasteiger partial charge in [-0.2, -0.15) is 0 Å². The van der Waals surface area contributed by atoms with Gasteiger partial charge >= 0.3 is 0 Å². The summed E-state index contributed by atoms with van der Waals surface area (Å²) in [7, 11) is 0.419. The van der Waals surface area contributed by atoms with Gasteiger partial charge in [-0.05, 0) is 24.1 Å². The van der Waals surface area contributed by atoms with Crippen molar-refractivity contribution < 1.29 is 18.0 Å². The molecule has 1 aliphatic rings. The first-order valence-electron chi connectivity index (χ1n) is 7.74. The summed E-state index contributed by atoms with van der Waals surface area (Å²) >= 11 is 0. The van der Waals surface area contributed by atoms with Gasteiger partial charge < -0.3 is 5.32 Å². The van der Waals surface area contributed by atoms with Crippen molar-refractivity contribution in [2.45, 2.75) is 25.8 Å². The van der Waals surface area contributed by atoms with Crippen LogP contribution in [0.5, 0.6) is 0 Å². The molecule has 0 spiro atoms. The molecule has 0 saturated carbocycles. The van der Waals surface area contributed by atoms with Crippen LogP contribution in [0.15, 0.2) is 24.3 Å². The highest BCUT2D eigenvalue weighted by Gasteiger charge is 2.35. The molecule has 2 rings (SSSR count). The predicted molar refractivity (Wildman–Crippen MR) is 92.0 cm³/mol. The summed E-state index contributed by atoms with van der Waals surface area (Å²) in [6.07, 6.45) is 0.642. The van der Waals surface area contributed by atoms with Gasteiger partial charge in [0.05, 0.1) is 24.0 Å². The average molecular weight is 353 g/mol. The molecule has 1 fully saturated rings. The number of hydrazine groups is 1. The molecule has 2 amide bonds. The first-order valence-corrected chi connectivity index (χ1v) is 9.56. The number of benzene rings is 1. The molecule has 0 radical (unpaired) electrons. The van der Waals surface area contributed by atoms with E-state index in [-0.39, 0.29) is 35.8 Å². The number of rotatable bonds is 5. The third-order valence-electron chi connectivity index (χ3n) is 3.87. The fourth-order valence-electron chi connectivity index (χ4n) is 2.89. The lowest BCUT2D eigenvalue weighted by molar-refractivity contribution is -0.148. The Bertz CT molecular complexity index is 713. The number of sulfone groups is 1. The van der Waals surface area contributed by atoms with Gasteiger partial charge in [0.25, 0.3) is 0 Å². The van der Waals surface area contributed by atoms with Crippen LogP contribution in [0.3, 0.4) is 0 Å². The number of carbonyl (C=O) groups excluding carboxylic acids is 2. The van der Waals surface area contributed by atoms with Crippen molar-refractivity contribution in [2.75, 3.05) is 30.9 Å². The lowest BCUT2D eigenvalue weighted by Gasteiger charge is -2.33. The Morgan fingerprint density at radius 3 is 2.29 bits per heavy atom. The maximum absolute atomic E-state index is 12.6. The smallest absolute Gasteiger partial charge is 0.241 e. The highest BCUT2D eigenvalue weighted by Crippen LogP contribution is 2.20. The van der Waals surface area contributed by atoms with Gasteiger partial charge in [-0.15, -0.1) is 0 Å². The second-order valence-electron chi connectivity index (χ2n) is 6.20. The first-order chi connectivity index (χ1) is 11.2. The third kappa shape index (κ3) is 4.78. The predicted octanol–water partition coefficient (Wildman–Crippen LogP) is 0.680. The summed E-state index contributed by atoms with van der Waals surface area (Å²) in [4.78, 5) is 23.6. The van der Waals surface area contributed by atoms with E-state index in [2.05, 4.69) is 5.32 Å². The van der Waals surface area contributed by atoms with Gasteiger partial charge in [-0.1, -0.05) is 12.1 Å². The van der Waals surface area contributed by atoms with Crippen LogP contribution in [-0.2, 0) is 25.8 Å². The Hall–Kier alpha value is -1.93. The summed E-state index contributed by atoms with van der Waals surface area (Å²) in [5.74, 6) is -0.159. The number of carbonyl (C=O) groups is 2. The Kier molecular flexibility index (Phi) is 5.61. The summed E-state index contributed by atoms with van der Waals surface area (Å²) in [6, 6.07) is 6.73. The van der Waals surface area contributed by atoms with E-state index < -0.39 is 9.84 Å². The van der Waals surface area contributed by atoms with Gasteiger partial charge in [-0.3, -0.25) is 14.6 Å². The Balaban J connectivity index is 2.07. The average Bonchev–Trinajstić information content (AvgIpc) is 2.80. The summed E-state index contributed by atoms with van der Waals surface area (Å²) in [5.41, 5.74) is 1.48. The van der Waals surface area contributed by atoms with Gasteiger partial charge in [-0.25, -0.2) is 13.4 Å². The fourth-order valence-corrected chi connectivity index (χ4v) is 4.58. The molecule has 0 aromatic heterocycles. The van der Waals surface area contributed by atoms with E-state index in [0.717, 1.165) is 5.56 Å². The van der Waals surface area contributed by atoms with Crippen LogP contribution in [0, 0.1) is 0 Å². The van der Waals surface area contributed by atoms with Gasteiger partial charge in [0.15, 0.2) is 9.84 Å². The maximum atomic E-state index is 12.6. The van der Waals surface area contributed by atoms with E-state index in [1.54, 1.807) is 43.4 Å². The normalized spacial score (nSPS) is 19.2. The molecule has 1 aliphatic heterocycles. The molecule has 1 aromatic rings. The van der Waals surface area contributed by atoms with E-state index in [1.807, 2.05) is 0 Å². The fraction of sp³-hybridized carbons (Fsp3) is 0.500. The number of amides is 2. The molecule has 1 saturated heterocycles. The molecule has 0 bridgehead atoms. The zero-order chi connectivity index (χ0) is 17.9. The van der Waals surface area contributed by atoms with E-state index in [4.69, 9.17) is 0 Å². The molecular weight excluding hydrogens is 330 g/mol. The summed E-state index contributed by atoms with van der Waals surface area (Å²) in [6.45, 7) is 1.43. The second kappa shape index (κ2) is 7.31. The van der Waals surface area contributed by atoms with Crippen molar-refractivity contribution in [2.24, 2.45) is 0 Å². The van der Waals surface area contributed by atoms with Gasteiger partial charge in [0.2, 0.25) is 11.8 Å². The first kappa shape index (κ1) is 18.4. The molecule has 7 nitrogen and oxygen atoms in total. The Morgan fingerprint density at radius 1 is 1.21 bits per heavy atom. The lowest BCUT2D eigenvalue weighted by Crippen LogP contribution is -2.49. The zero-order valence-electron chi connectivity index (χ0n) is 14.2. The minimum atomic E-state index is -3.06. The van der Waals surface area contributed by atoms with Crippen LogP contribution in [0.4, 0.5) is 5.69 Å². The number of nitrogens with one attached hydrogen (secondary N) is 1. The molecule has 8 heteroatoms. The summed E-state index contributed by atoms with van der Waals surface area (Å²) < 4.78 is 23.4. The number of hydrogen-bond acceptors (Lipinski definition) is 5. The van der Waals surface area contributed by atoms with Crippen molar-refractivity contribution in [3.8, 4) is 0 Å². The molecule has 132 valence electrons. The van der Waals surface area contributed by atoms with Gasteiger partial charge in [0.1, 0.15) is 0 Å². The van der Waals surface area contributed by atoms with Crippen molar-refractivity contribution in [3.05, 3.63) is 29.8 Å². The van der Waals surface area contributed by atoms with Crippen molar-refractivity contribution in [1.82, 2.24) is 10.0 Å². The largest absolute Gasteiger partial charge is 0.326 e. The molecule has 1 aromatic carbocycles. The highest BCUT2D eigenvalue weighted by atomic mass is 32.2. The van der Waals surface area contributed by atoms with Gasteiger partial charge in [0, 0.05) is 26.7 Å². The van der Waals surface area contributed by atoms with Crippen molar-refractivity contribution >= 4 is 27.3 Å². The van der Waals surface area contributed by atoms with E-state index in [0.29, 0.717) is 12.1 Å². The quantitative estimate of drug-likeness (QED) is 0.787. The van der Waals surface area contributed by atoms with Crippen LogP contribution in [0.2, 0.25) is 0 Å². The number of anilines is 1. The lowest BCUT2D eigenvalue weighted by atomic mass is 10.1. The topological polar surface area (TPSA) is 86.8 Å². The van der Waals surface area contributed by atoms with E-state index in [1.165, 1.54) is 11.9 Å². The molecule has 1 atom stereocenters. The molecular formula is C16H23N3O4S. The monoisotopic (exact) mass is 353 g/mol. The molecule has 0 aliphatic carbocycles. The third-order valence-corrected chi connectivity index (χ3v) is 5.62. The minimum Gasteiger partial charge on any atom is -0.326 e. The molecule has 1 heterocycles. The number of nitrogens with zero attached hydrogens (tertiary/aromatic N) is 2. The van der Waals surface area contributed by atoms with Crippen LogP contribution in [0.1, 0.15) is 18.9 Å². The van der Waals surface area contributed by atoms with E-state index in [9.17, 15) is 18.0 Å². The van der Waals surface area contributed by atoms with Crippen LogP contribution >= 0.6 is 0 Å². The Morgan fingerprint density at radius 2 is 1.83 bits per heavy atom. The molecule has 24 heavy (non-hydrogen) atoms. The van der Waals surface area contributed by atoms with Crippen LogP contribution in [-0.4, -0.2) is 61.9 Å². The second-order valence-corrected chi connectivity index (χ2v) is 8.43. The van der Waals surface area contributed by atoms with E-state index >= 15 is 0 Å². The number of hydrogen-bond donors (Lipinski definition) is 1. The molecule has 1 N–H and O–H groups in total. The standard InChI is InChI=1S/C16H23N3O4S/c1-12(20)17-14-6-4-13(5-7-14)10-16(21)19(18(2)3)15-8-9-24(22,23)11-15/h4-7,15H,8-11H2,1-3H3,(H,17,20)/t15-/m1/s1. The van der Waals surface area contributed by atoms with Crippen molar-refractivity contribution in [1.29, 1.82) is 0 Å². The minimum absolute atomic E-state index is 0.0123. The summed E-state index contributed by atoms with van der Waals surface area (Å²) in [5, 5.41) is 5.86. The highest BCUT2D eigenvalue weighted by molar-refractivity contribution is 7.91. The molecule has 0 unspecified atom stereocenters. The van der Waals surface area contributed by atoms with Crippen LogP contribution in [0.25, 0.3) is 0 Å². The van der Waals surface area contributed by atoms with Crippen molar-refractivity contribution in [3.63, 3.8) is 0 Å². The maximum Gasteiger partial charge on any atom is 0.241 e.